The molecule has 0 aromatic carbocycles. The van der Waals surface area contributed by atoms with Gasteiger partial charge in [-0.15, -0.1) is 0 Å². The first kappa shape index (κ1) is 13.4. The van der Waals surface area contributed by atoms with Crippen molar-refractivity contribution in [2.24, 2.45) is 5.73 Å². The van der Waals surface area contributed by atoms with Crippen LogP contribution in [0.1, 0.15) is 46.0 Å². The molecular formula is C11H24N2O. The predicted molar refractivity (Wildman–Crippen MR) is 60.0 cm³/mol. The Kier molecular flexibility index (Phi) is 7.48. The van der Waals surface area contributed by atoms with Gasteiger partial charge in [-0.1, -0.05) is 33.1 Å². The van der Waals surface area contributed by atoms with E-state index in [2.05, 4.69) is 18.7 Å². The molecular weight excluding hydrogens is 176 g/mol. The van der Waals surface area contributed by atoms with E-state index in [-0.39, 0.29) is 11.9 Å². The molecule has 0 bridgehead atoms. The number of amides is 1. The van der Waals surface area contributed by atoms with Gasteiger partial charge in [0.15, 0.2) is 0 Å². The molecule has 3 nitrogen and oxygen atoms in total. The van der Waals surface area contributed by atoms with Gasteiger partial charge < -0.3 is 5.73 Å². The fourth-order valence-electron chi connectivity index (χ4n) is 1.68. The van der Waals surface area contributed by atoms with E-state index in [1.807, 2.05) is 7.05 Å². The van der Waals surface area contributed by atoms with Crippen LogP contribution < -0.4 is 5.73 Å². The first-order chi connectivity index (χ1) is 6.63. The van der Waals surface area contributed by atoms with Crippen LogP contribution in [0.25, 0.3) is 0 Å². The third kappa shape index (κ3) is 5.22. The van der Waals surface area contributed by atoms with Crippen LogP contribution in [0.3, 0.4) is 0 Å². The van der Waals surface area contributed by atoms with E-state index in [4.69, 9.17) is 5.73 Å². The van der Waals surface area contributed by atoms with Crippen molar-refractivity contribution in [2.45, 2.75) is 52.0 Å². The average Bonchev–Trinajstić information content (AvgIpc) is 2.12. The number of carbonyl (C=O) groups is 1. The highest BCUT2D eigenvalue weighted by atomic mass is 16.1. The van der Waals surface area contributed by atoms with Gasteiger partial charge in [-0.25, -0.2) is 0 Å². The summed E-state index contributed by atoms with van der Waals surface area (Å²) in [5, 5.41) is 0. The topological polar surface area (TPSA) is 46.3 Å². The van der Waals surface area contributed by atoms with E-state index >= 15 is 0 Å². The number of rotatable bonds is 8. The smallest absolute Gasteiger partial charge is 0.234 e. The maximum Gasteiger partial charge on any atom is 0.234 e. The van der Waals surface area contributed by atoms with Crippen molar-refractivity contribution in [3.63, 3.8) is 0 Å². The number of likely N-dealkylation sites (N-methyl/N-ethyl adjacent to an activating group) is 1. The molecule has 2 N–H and O–H groups in total. The van der Waals surface area contributed by atoms with E-state index in [0.29, 0.717) is 0 Å². The molecule has 1 atom stereocenters. The van der Waals surface area contributed by atoms with Gasteiger partial charge in [0.25, 0.3) is 0 Å². The highest BCUT2D eigenvalue weighted by molar-refractivity contribution is 5.79. The second-order valence-corrected chi connectivity index (χ2v) is 3.89. The zero-order valence-electron chi connectivity index (χ0n) is 9.75. The third-order valence-corrected chi connectivity index (χ3v) is 2.52. The van der Waals surface area contributed by atoms with Crippen molar-refractivity contribution < 1.29 is 4.79 Å². The largest absolute Gasteiger partial charge is 0.368 e. The summed E-state index contributed by atoms with van der Waals surface area (Å²) in [6.07, 6.45) is 5.43. The Morgan fingerprint density at radius 1 is 1.29 bits per heavy atom. The van der Waals surface area contributed by atoms with Gasteiger partial charge in [-0.2, -0.15) is 0 Å². The average molecular weight is 200 g/mol. The molecule has 0 saturated heterocycles. The van der Waals surface area contributed by atoms with Crippen molar-refractivity contribution in [3.05, 3.63) is 0 Å². The van der Waals surface area contributed by atoms with Crippen LogP contribution in [0.2, 0.25) is 0 Å². The van der Waals surface area contributed by atoms with Crippen LogP contribution in [0.4, 0.5) is 0 Å². The SMILES string of the molecule is CCCCCC(C(N)=O)N(C)CCC. The Hall–Kier alpha value is -0.570. The second-order valence-electron chi connectivity index (χ2n) is 3.89. The molecule has 0 heterocycles. The molecule has 0 aromatic rings. The Morgan fingerprint density at radius 2 is 1.93 bits per heavy atom. The number of primary amides is 1. The van der Waals surface area contributed by atoms with Gasteiger partial charge in [0.1, 0.15) is 0 Å². The minimum Gasteiger partial charge on any atom is -0.368 e. The van der Waals surface area contributed by atoms with Crippen LogP contribution >= 0.6 is 0 Å². The lowest BCUT2D eigenvalue weighted by Gasteiger charge is -2.24. The summed E-state index contributed by atoms with van der Waals surface area (Å²) in [5.74, 6) is -0.183. The number of carbonyl (C=O) groups excluding carboxylic acids is 1. The normalized spacial score (nSPS) is 13.1. The number of nitrogens with two attached hydrogens (primary N) is 1. The lowest BCUT2D eigenvalue weighted by atomic mass is 10.1. The first-order valence-electron chi connectivity index (χ1n) is 5.63. The molecule has 84 valence electrons. The maximum absolute atomic E-state index is 11.2. The van der Waals surface area contributed by atoms with Gasteiger partial charge >= 0.3 is 0 Å². The molecule has 1 unspecified atom stereocenters. The zero-order valence-corrected chi connectivity index (χ0v) is 9.75. The summed E-state index contributed by atoms with van der Waals surface area (Å²) in [4.78, 5) is 13.3. The molecule has 1 amide bonds. The molecule has 0 aliphatic carbocycles. The number of hydrogen-bond acceptors (Lipinski definition) is 2. The zero-order chi connectivity index (χ0) is 11.0. The van der Waals surface area contributed by atoms with Crippen LogP contribution in [-0.4, -0.2) is 30.4 Å². The molecule has 0 saturated carbocycles. The van der Waals surface area contributed by atoms with E-state index in [0.717, 1.165) is 25.8 Å². The van der Waals surface area contributed by atoms with Crippen LogP contribution in [0.15, 0.2) is 0 Å². The highest BCUT2D eigenvalue weighted by Gasteiger charge is 2.18. The molecule has 0 fully saturated rings. The van der Waals surface area contributed by atoms with E-state index in [9.17, 15) is 4.79 Å². The standard InChI is InChI=1S/C11H24N2O/c1-4-6-7-8-10(11(12)14)13(3)9-5-2/h10H,4-9H2,1-3H3,(H2,12,14). The minimum atomic E-state index is -0.183. The van der Waals surface area contributed by atoms with Gasteiger partial charge in [0, 0.05) is 0 Å². The molecule has 14 heavy (non-hydrogen) atoms. The third-order valence-electron chi connectivity index (χ3n) is 2.52. The van der Waals surface area contributed by atoms with Crippen molar-refractivity contribution >= 4 is 5.91 Å². The van der Waals surface area contributed by atoms with E-state index < -0.39 is 0 Å². The number of nitrogens with zero attached hydrogens (tertiary/aromatic N) is 1. The van der Waals surface area contributed by atoms with Crippen LogP contribution in [0.5, 0.6) is 0 Å². The van der Waals surface area contributed by atoms with Gasteiger partial charge in [-0.05, 0) is 26.4 Å². The monoisotopic (exact) mass is 200 g/mol. The Bertz CT molecular complexity index is 159. The fraction of sp³-hybridized carbons (Fsp3) is 0.909. The van der Waals surface area contributed by atoms with Crippen molar-refractivity contribution in [3.8, 4) is 0 Å². The molecule has 0 spiro atoms. The van der Waals surface area contributed by atoms with Crippen molar-refractivity contribution in [2.75, 3.05) is 13.6 Å². The Morgan fingerprint density at radius 3 is 2.36 bits per heavy atom. The maximum atomic E-state index is 11.2. The second kappa shape index (κ2) is 7.80. The molecule has 0 aromatic heterocycles. The summed E-state index contributed by atoms with van der Waals surface area (Å²) in [5.41, 5.74) is 5.37. The first-order valence-corrected chi connectivity index (χ1v) is 5.63. The van der Waals surface area contributed by atoms with E-state index in [1.165, 1.54) is 12.8 Å². The Labute approximate surface area is 87.6 Å². The minimum absolute atomic E-state index is 0.0681. The van der Waals surface area contributed by atoms with Gasteiger partial charge in [0.2, 0.25) is 5.91 Å². The summed E-state index contributed by atoms with van der Waals surface area (Å²) >= 11 is 0. The summed E-state index contributed by atoms with van der Waals surface area (Å²) in [6.45, 7) is 5.22. The molecule has 0 radical (unpaired) electrons. The quantitative estimate of drug-likeness (QED) is 0.607. The molecule has 0 rings (SSSR count). The number of hydrogen-bond donors (Lipinski definition) is 1. The number of unbranched alkanes of at least 4 members (excludes halogenated alkanes) is 2. The summed E-state index contributed by atoms with van der Waals surface area (Å²) < 4.78 is 0. The van der Waals surface area contributed by atoms with E-state index in [1.54, 1.807) is 0 Å². The lowest BCUT2D eigenvalue weighted by molar-refractivity contribution is -0.123. The van der Waals surface area contributed by atoms with Crippen LogP contribution in [-0.2, 0) is 4.79 Å². The molecule has 0 aliphatic rings. The van der Waals surface area contributed by atoms with Crippen molar-refractivity contribution in [1.82, 2.24) is 4.90 Å². The van der Waals surface area contributed by atoms with Crippen molar-refractivity contribution in [1.29, 1.82) is 0 Å². The summed E-state index contributed by atoms with van der Waals surface area (Å²) in [7, 11) is 1.98. The fourth-order valence-corrected chi connectivity index (χ4v) is 1.68. The highest BCUT2D eigenvalue weighted by Crippen LogP contribution is 2.08. The van der Waals surface area contributed by atoms with Crippen LogP contribution in [0, 0.1) is 0 Å². The predicted octanol–water partition coefficient (Wildman–Crippen LogP) is 1.76. The lowest BCUT2D eigenvalue weighted by Crippen LogP contribution is -2.42. The molecule has 0 aliphatic heterocycles. The summed E-state index contributed by atoms with van der Waals surface area (Å²) in [6, 6.07) is -0.0681. The Balaban J connectivity index is 3.94. The molecule has 3 heteroatoms. The van der Waals surface area contributed by atoms with Gasteiger partial charge in [0.05, 0.1) is 6.04 Å². The van der Waals surface area contributed by atoms with Gasteiger partial charge in [-0.3, -0.25) is 9.69 Å².